The molecule has 0 aromatic heterocycles. The van der Waals surface area contributed by atoms with E-state index in [1.165, 1.54) is 18.4 Å². The average Bonchev–Trinajstić information content (AvgIpc) is 2.52. The molecule has 5 heteroatoms. The van der Waals surface area contributed by atoms with E-state index in [0.29, 0.717) is 5.92 Å². The van der Waals surface area contributed by atoms with Gasteiger partial charge in [-0.3, -0.25) is 0 Å². The normalized spacial score (nSPS) is 22.1. The van der Waals surface area contributed by atoms with Crippen molar-refractivity contribution in [3.05, 3.63) is 35.4 Å². The Hall–Kier alpha value is -0.580. The molecule has 1 aromatic carbocycles. The second-order valence-corrected chi connectivity index (χ2v) is 8.14. The number of nitrogens with zero attached hydrogens (tertiary/aromatic N) is 1. The lowest BCUT2D eigenvalue weighted by Gasteiger charge is -2.16. The van der Waals surface area contributed by atoms with Gasteiger partial charge in [0.2, 0.25) is 9.05 Å². The van der Waals surface area contributed by atoms with E-state index in [1.807, 2.05) is 18.2 Å². The van der Waals surface area contributed by atoms with Gasteiger partial charge in [0.1, 0.15) is 0 Å². The van der Waals surface area contributed by atoms with Crippen molar-refractivity contribution in [2.75, 3.05) is 20.1 Å². The average molecular weight is 302 g/mol. The predicted molar refractivity (Wildman–Crippen MR) is 79.0 cm³/mol. The van der Waals surface area contributed by atoms with Crippen molar-refractivity contribution in [1.82, 2.24) is 4.90 Å². The van der Waals surface area contributed by atoms with Crippen LogP contribution in [0.3, 0.4) is 0 Å². The molecule has 0 aliphatic carbocycles. The van der Waals surface area contributed by atoms with Crippen LogP contribution in [0.4, 0.5) is 0 Å². The fraction of sp³-hybridized carbons (Fsp3) is 0.571. The van der Waals surface area contributed by atoms with Gasteiger partial charge in [-0.25, -0.2) is 8.42 Å². The van der Waals surface area contributed by atoms with Crippen LogP contribution < -0.4 is 0 Å². The molecule has 0 spiro atoms. The Morgan fingerprint density at radius 3 is 2.84 bits per heavy atom. The van der Waals surface area contributed by atoms with Crippen LogP contribution in [-0.2, 0) is 14.8 Å². The lowest BCUT2D eigenvalue weighted by Crippen LogP contribution is -2.18. The summed E-state index contributed by atoms with van der Waals surface area (Å²) in [7, 11) is 3.99. The molecule has 3 nitrogen and oxygen atoms in total. The van der Waals surface area contributed by atoms with E-state index < -0.39 is 9.05 Å². The monoisotopic (exact) mass is 301 g/mol. The molecular formula is C14H20ClNO2S. The first-order valence-electron chi connectivity index (χ1n) is 6.64. The van der Waals surface area contributed by atoms with Crippen LogP contribution in [0, 0.1) is 0 Å². The number of likely N-dealkylation sites (tertiary alicyclic amines) is 1. The molecule has 0 bridgehead atoms. The zero-order valence-electron chi connectivity index (χ0n) is 11.2. The highest BCUT2D eigenvalue weighted by atomic mass is 35.7. The summed E-state index contributed by atoms with van der Waals surface area (Å²) in [6, 6.07) is 7.85. The lowest BCUT2D eigenvalue weighted by molar-refractivity contribution is 0.347. The minimum absolute atomic E-state index is 0.0883. The summed E-state index contributed by atoms with van der Waals surface area (Å²) in [6.07, 6.45) is 3.49. The topological polar surface area (TPSA) is 37.4 Å². The van der Waals surface area contributed by atoms with Gasteiger partial charge in [0, 0.05) is 10.7 Å². The third-order valence-electron chi connectivity index (χ3n) is 3.71. The van der Waals surface area contributed by atoms with Crippen molar-refractivity contribution < 1.29 is 8.42 Å². The van der Waals surface area contributed by atoms with Crippen LogP contribution in [0.1, 0.15) is 36.3 Å². The molecule has 1 aromatic rings. The van der Waals surface area contributed by atoms with Gasteiger partial charge >= 0.3 is 0 Å². The molecule has 2 rings (SSSR count). The summed E-state index contributed by atoms with van der Waals surface area (Å²) in [5.74, 6) is 0.442. The standard InChI is InChI=1S/C14H20ClNO2S/c1-16-8-3-6-13(7-9-16)14-5-2-4-12(10-14)11-19(15,17)18/h2,4-5,10,13H,3,6-9,11H2,1H3. The molecule has 1 unspecified atom stereocenters. The minimum Gasteiger partial charge on any atom is -0.306 e. The molecule has 0 amide bonds. The first-order chi connectivity index (χ1) is 8.94. The summed E-state index contributed by atoms with van der Waals surface area (Å²) in [5, 5.41) is 0. The van der Waals surface area contributed by atoms with Gasteiger partial charge in [-0.15, -0.1) is 0 Å². The third kappa shape index (κ3) is 4.79. The van der Waals surface area contributed by atoms with E-state index in [2.05, 4.69) is 18.0 Å². The van der Waals surface area contributed by atoms with Crippen LogP contribution in [-0.4, -0.2) is 33.5 Å². The Kier molecular flexibility index (Phi) is 4.87. The van der Waals surface area contributed by atoms with Crippen LogP contribution in [0.25, 0.3) is 0 Å². The van der Waals surface area contributed by atoms with Crippen LogP contribution >= 0.6 is 10.7 Å². The fourth-order valence-electron chi connectivity index (χ4n) is 2.71. The molecule has 0 radical (unpaired) electrons. The molecule has 1 heterocycles. The number of hydrogen-bond acceptors (Lipinski definition) is 3. The van der Waals surface area contributed by atoms with Crippen LogP contribution in [0.2, 0.25) is 0 Å². The molecule has 0 N–H and O–H groups in total. The first-order valence-corrected chi connectivity index (χ1v) is 9.11. The van der Waals surface area contributed by atoms with Crippen LogP contribution in [0.15, 0.2) is 24.3 Å². The molecule has 1 atom stereocenters. The zero-order chi connectivity index (χ0) is 13.9. The zero-order valence-corrected chi connectivity index (χ0v) is 12.8. The van der Waals surface area contributed by atoms with E-state index in [9.17, 15) is 8.42 Å². The molecule has 106 valence electrons. The fourth-order valence-corrected chi connectivity index (χ4v) is 3.66. The Morgan fingerprint density at radius 2 is 2.11 bits per heavy atom. The van der Waals surface area contributed by atoms with Crippen molar-refractivity contribution >= 4 is 19.7 Å². The summed E-state index contributed by atoms with van der Waals surface area (Å²) in [4.78, 5) is 2.35. The second-order valence-electron chi connectivity index (χ2n) is 5.36. The molecule has 1 saturated heterocycles. The van der Waals surface area contributed by atoms with Crippen molar-refractivity contribution in [2.45, 2.75) is 30.9 Å². The maximum Gasteiger partial charge on any atom is 0.236 e. The highest BCUT2D eigenvalue weighted by Crippen LogP contribution is 2.28. The maximum atomic E-state index is 11.1. The van der Waals surface area contributed by atoms with E-state index in [-0.39, 0.29) is 5.75 Å². The molecule has 0 saturated carbocycles. The van der Waals surface area contributed by atoms with Gasteiger partial charge in [-0.1, -0.05) is 24.3 Å². The first kappa shape index (κ1) is 14.8. The predicted octanol–water partition coefficient (Wildman–Crippen LogP) is 2.95. The number of halogens is 1. The lowest BCUT2D eigenvalue weighted by atomic mass is 9.91. The quantitative estimate of drug-likeness (QED) is 0.806. The van der Waals surface area contributed by atoms with E-state index in [0.717, 1.165) is 25.1 Å². The van der Waals surface area contributed by atoms with Gasteiger partial charge in [0.15, 0.2) is 0 Å². The Morgan fingerprint density at radius 1 is 1.32 bits per heavy atom. The number of rotatable bonds is 3. The Balaban J connectivity index is 2.14. The highest BCUT2D eigenvalue weighted by Gasteiger charge is 2.17. The summed E-state index contributed by atoms with van der Waals surface area (Å²) in [6.45, 7) is 2.24. The van der Waals surface area contributed by atoms with Gasteiger partial charge in [0.25, 0.3) is 0 Å². The van der Waals surface area contributed by atoms with Crippen molar-refractivity contribution in [3.63, 3.8) is 0 Å². The summed E-state index contributed by atoms with van der Waals surface area (Å²) >= 11 is 0. The smallest absolute Gasteiger partial charge is 0.236 e. The molecular weight excluding hydrogens is 282 g/mol. The SMILES string of the molecule is CN1CCCC(c2cccc(CS(=O)(=O)Cl)c2)CC1. The van der Waals surface area contributed by atoms with Crippen molar-refractivity contribution in [3.8, 4) is 0 Å². The Bertz CT molecular complexity index is 530. The third-order valence-corrected chi connectivity index (χ3v) is 4.72. The van der Waals surface area contributed by atoms with Gasteiger partial charge in [0.05, 0.1) is 5.75 Å². The molecule has 1 fully saturated rings. The van der Waals surface area contributed by atoms with Gasteiger partial charge in [-0.2, -0.15) is 0 Å². The van der Waals surface area contributed by atoms with Crippen molar-refractivity contribution in [2.24, 2.45) is 0 Å². The van der Waals surface area contributed by atoms with E-state index >= 15 is 0 Å². The van der Waals surface area contributed by atoms with Crippen molar-refractivity contribution in [1.29, 1.82) is 0 Å². The van der Waals surface area contributed by atoms with E-state index in [4.69, 9.17) is 10.7 Å². The Labute approximate surface area is 120 Å². The summed E-state index contributed by atoms with van der Waals surface area (Å²) < 4.78 is 22.3. The minimum atomic E-state index is -3.48. The number of hydrogen-bond donors (Lipinski definition) is 0. The maximum absolute atomic E-state index is 11.1. The van der Waals surface area contributed by atoms with Gasteiger partial charge in [-0.05, 0) is 56.4 Å². The van der Waals surface area contributed by atoms with Crippen LogP contribution in [0.5, 0.6) is 0 Å². The second kappa shape index (κ2) is 6.25. The number of benzene rings is 1. The summed E-state index contributed by atoms with van der Waals surface area (Å²) in [5.41, 5.74) is 2.03. The largest absolute Gasteiger partial charge is 0.306 e. The highest BCUT2D eigenvalue weighted by molar-refractivity contribution is 8.13. The molecule has 1 aliphatic heterocycles. The molecule has 1 aliphatic rings. The van der Waals surface area contributed by atoms with Gasteiger partial charge < -0.3 is 4.90 Å². The molecule has 19 heavy (non-hydrogen) atoms. The van der Waals surface area contributed by atoms with E-state index in [1.54, 1.807) is 0 Å².